The number of alkyl halides is 9. The second kappa shape index (κ2) is 11.7. The van der Waals surface area contributed by atoms with Crippen molar-refractivity contribution in [3.63, 3.8) is 0 Å². The molecule has 0 aliphatic carbocycles. The van der Waals surface area contributed by atoms with Gasteiger partial charge in [0.1, 0.15) is 0 Å². The van der Waals surface area contributed by atoms with Gasteiger partial charge in [0.15, 0.2) is 19.8 Å². The zero-order valence-corrected chi connectivity index (χ0v) is 20.0. The lowest BCUT2D eigenvalue weighted by Crippen LogP contribution is -2.20. The van der Waals surface area contributed by atoms with Gasteiger partial charge in [0, 0.05) is 0 Å². The van der Waals surface area contributed by atoms with Crippen molar-refractivity contribution in [3.05, 3.63) is 0 Å². The second-order valence-electron chi connectivity index (χ2n) is 5.66. The van der Waals surface area contributed by atoms with Crippen LogP contribution in [-0.4, -0.2) is 58.2 Å². The fraction of sp³-hybridized carbons (Fsp3) is 1.00. The lowest BCUT2D eigenvalue weighted by atomic mass is 10.7. The summed E-state index contributed by atoms with van der Waals surface area (Å²) in [5.41, 5.74) is 0. The Hall–Kier alpha value is -0.180. The molecule has 1 aliphatic rings. The molecule has 0 saturated carbocycles. The van der Waals surface area contributed by atoms with Gasteiger partial charge in [-0.2, -0.15) is 39.5 Å². The molecular formula is C12H21F9N3O6P3. The van der Waals surface area contributed by atoms with E-state index in [1.54, 1.807) is 0 Å². The summed E-state index contributed by atoms with van der Waals surface area (Å²) in [6, 6.07) is 0. The highest BCUT2D eigenvalue weighted by molar-refractivity contribution is 7.78. The van der Waals surface area contributed by atoms with Crippen molar-refractivity contribution in [3.8, 4) is 0 Å². The van der Waals surface area contributed by atoms with Crippen LogP contribution in [0.4, 0.5) is 39.5 Å². The van der Waals surface area contributed by atoms with Crippen LogP contribution < -0.4 is 0 Å². The summed E-state index contributed by atoms with van der Waals surface area (Å²) in [5, 5.41) is 0. The molecular weight excluding hydrogens is 546 g/mol. The van der Waals surface area contributed by atoms with Crippen LogP contribution in [-0.2, 0) is 27.1 Å². The minimum Gasteiger partial charge on any atom is -0.307 e. The zero-order valence-electron chi connectivity index (χ0n) is 17.3. The Balaban J connectivity index is 3.85. The highest BCUT2D eigenvalue weighted by atomic mass is 31.3. The predicted octanol–water partition coefficient (Wildman–Crippen LogP) is 7.68. The van der Waals surface area contributed by atoms with Gasteiger partial charge in [-0.05, 0) is 20.8 Å². The minimum absolute atomic E-state index is 0.301. The summed E-state index contributed by atoms with van der Waals surface area (Å²) >= 11 is 0. The van der Waals surface area contributed by atoms with Gasteiger partial charge in [-0.25, -0.2) is 0 Å². The average Bonchev–Trinajstić information content (AvgIpc) is 2.62. The van der Waals surface area contributed by atoms with E-state index < -0.39 is 67.9 Å². The molecule has 0 bridgehead atoms. The SMILES string of the molecule is CCOP1(OCC)=NP(OCC(F)(F)F)(OCC(F)(F)F)=NP(OCC)(OCC(F)(F)F)=N1. The molecule has 0 aromatic carbocycles. The fourth-order valence-corrected chi connectivity index (χ4v) is 11.4. The first-order chi connectivity index (χ1) is 14.9. The van der Waals surface area contributed by atoms with Gasteiger partial charge < -0.3 is 13.6 Å². The topological polar surface area (TPSA) is 92.5 Å². The lowest BCUT2D eigenvalue weighted by Gasteiger charge is -2.33. The maximum Gasteiger partial charge on any atom is 0.412 e. The van der Waals surface area contributed by atoms with Gasteiger partial charge in [0.2, 0.25) is 0 Å². The van der Waals surface area contributed by atoms with Crippen molar-refractivity contribution >= 4 is 23.0 Å². The third-order valence-electron chi connectivity index (χ3n) is 2.76. The van der Waals surface area contributed by atoms with Gasteiger partial charge >= 0.3 is 41.5 Å². The number of nitrogens with zero attached hydrogens (tertiary/aromatic N) is 3. The molecule has 1 heterocycles. The average molecular weight is 567 g/mol. The van der Waals surface area contributed by atoms with Crippen molar-refractivity contribution in [1.82, 2.24) is 0 Å². The van der Waals surface area contributed by atoms with Crippen LogP contribution in [0, 0.1) is 0 Å². The summed E-state index contributed by atoms with van der Waals surface area (Å²) in [6.45, 7) is -3.55. The molecule has 0 aromatic rings. The van der Waals surface area contributed by atoms with Gasteiger partial charge in [0.05, 0.1) is 19.8 Å². The molecule has 0 amide bonds. The van der Waals surface area contributed by atoms with Crippen molar-refractivity contribution in [2.24, 2.45) is 13.5 Å². The molecule has 9 nitrogen and oxygen atoms in total. The second-order valence-corrected chi connectivity index (χ2v) is 12.3. The van der Waals surface area contributed by atoms with Crippen LogP contribution >= 0.6 is 23.0 Å². The molecule has 0 radical (unpaired) electrons. The predicted molar refractivity (Wildman–Crippen MR) is 98.9 cm³/mol. The molecule has 0 N–H and O–H groups in total. The van der Waals surface area contributed by atoms with Gasteiger partial charge in [-0.3, -0.25) is 13.6 Å². The van der Waals surface area contributed by atoms with Gasteiger partial charge in [0.25, 0.3) is 0 Å². The van der Waals surface area contributed by atoms with Crippen molar-refractivity contribution < 1.29 is 66.7 Å². The molecule has 0 aromatic heterocycles. The molecule has 0 saturated heterocycles. The number of hydrogen-bond acceptors (Lipinski definition) is 9. The Kier molecular flexibility index (Phi) is 10.9. The first-order valence-electron chi connectivity index (χ1n) is 8.91. The minimum atomic E-state index is -5.09. The molecule has 198 valence electrons. The number of hydrogen-bond donors (Lipinski definition) is 0. The van der Waals surface area contributed by atoms with E-state index in [9.17, 15) is 39.5 Å². The molecule has 21 heteroatoms. The summed E-state index contributed by atoms with van der Waals surface area (Å²) in [4.78, 5) is 0. The largest absolute Gasteiger partial charge is 0.412 e. The standard InChI is InChI=1S/C12H21F9N3O6P3/c1-4-25-31(26-5-2)22-32(27-6-3,28-7-10(13,14)15)24-33(23-31,29-8-11(16,17)18)30-9-12(19,20)21/h4-9H2,1-3H3. The maximum absolute atomic E-state index is 12.8. The van der Waals surface area contributed by atoms with Crippen LogP contribution in [0.15, 0.2) is 13.5 Å². The zero-order chi connectivity index (χ0) is 25.6. The first-order valence-corrected chi connectivity index (χ1v) is 13.5. The van der Waals surface area contributed by atoms with E-state index in [0.717, 1.165) is 0 Å². The van der Waals surface area contributed by atoms with Crippen LogP contribution in [0.3, 0.4) is 0 Å². The Labute approximate surface area is 183 Å². The van der Waals surface area contributed by atoms with Gasteiger partial charge in [-0.15, -0.1) is 13.5 Å². The smallest absolute Gasteiger partial charge is 0.307 e. The monoisotopic (exact) mass is 567 g/mol. The van der Waals surface area contributed by atoms with Crippen LogP contribution in [0.2, 0.25) is 0 Å². The van der Waals surface area contributed by atoms with E-state index in [-0.39, 0.29) is 13.2 Å². The van der Waals surface area contributed by atoms with Crippen molar-refractivity contribution in [2.45, 2.75) is 39.3 Å². The van der Waals surface area contributed by atoms with Crippen LogP contribution in [0.25, 0.3) is 0 Å². The van der Waals surface area contributed by atoms with Crippen molar-refractivity contribution in [2.75, 3.05) is 39.6 Å². The Morgan fingerprint density at radius 3 is 0.879 bits per heavy atom. The molecule has 1 rings (SSSR count). The van der Waals surface area contributed by atoms with E-state index in [1.807, 2.05) is 0 Å². The molecule has 0 fully saturated rings. The first kappa shape index (κ1) is 30.9. The van der Waals surface area contributed by atoms with Gasteiger partial charge in [-0.1, -0.05) is 0 Å². The highest BCUT2D eigenvalue weighted by Gasteiger charge is 2.47. The van der Waals surface area contributed by atoms with Crippen LogP contribution in [0.1, 0.15) is 20.8 Å². The highest BCUT2D eigenvalue weighted by Crippen LogP contribution is 2.80. The quantitative estimate of drug-likeness (QED) is 0.177. The molecule has 1 aliphatic heterocycles. The molecule has 1 unspecified atom stereocenters. The summed E-state index contributed by atoms with van der Waals surface area (Å²) < 4.78 is 156. The lowest BCUT2D eigenvalue weighted by molar-refractivity contribution is -0.163. The molecule has 33 heavy (non-hydrogen) atoms. The summed E-state index contributed by atoms with van der Waals surface area (Å²) in [7, 11) is -14.0. The van der Waals surface area contributed by atoms with E-state index in [2.05, 4.69) is 27.1 Å². The summed E-state index contributed by atoms with van der Waals surface area (Å²) in [6.07, 6.45) is -15.2. The third kappa shape index (κ3) is 11.0. The van der Waals surface area contributed by atoms with E-state index in [1.165, 1.54) is 20.8 Å². The molecule has 0 spiro atoms. The third-order valence-corrected chi connectivity index (χ3v) is 11.4. The fourth-order valence-electron chi connectivity index (χ4n) is 1.88. The van der Waals surface area contributed by atoms with E-state index in [4.69, 9.17) is 13.6 Å². The van der Waals surface area contributed by atoms with E-state index >= 15 is 0 Å². The number of rotatable bonds is 12. The molecule has 1 atom stereocenters. The Bertz CT molecular complexity index is 783. The Morgan fingerprint density at radius 2 is 0.667 bits per heavy atom. The van der Waals surface area contributed by atoms with E-state index in [0.29, 0.717) is 0 Å². The number of halogens is 9. The Morgan fingerprint density at radius 1 is 0.455 bits per heavy atom. The van der Waals surface area contributed by atoms with Crippen molar-refractivity contribution in [1.29, 1.82) is 0 Å². The summed E-state index contributed by atoms with van der Waals surface area (Å²) in [5.74, 6) is 0. The maximum atomic E-state index is 12.8. The normalized spacial score (nSPS) is 22.9. The van der Waals surface area contributed by atoms with Crippen LogP contribution in [0.5, 0.6) is 0 Å².